The molecule has 1 unspecified atom stereocenters. The van der Waals surface area contributed by atoms with E-state index < -0.39 is 0 Å². The van der Waals surface area contributed by atoms with Crippen LogP contribution in [0.1, 0.15) is 30.3 Å². The van der Waals surface area contributed by atoms with Crippen LogP contribution in [-0.2, 0) is 4.79 Å². The summed E-state index contributed by atoms with van der Waals surface area (Å²) >= 11 is 0. The molecular formula is C21H21N3O2. The number of carbonyl (C=O) groups is 1. The molecule has 3 aromatic rings. The smallest absolute Gasteiger partial charge is 0.247 e. The van der Waals surface area contributed by atoms with Crippen LogP contribution in [-0.4, -0.2) is 34.4 Å². The minimum Gasteiger partial charge on any atom is -0.497 e. The number of hydrogen-bond donors (Lipinski definition) is 1. The molecule has 0 saturated carbocycles. The van der Waals surface area contributed by atoms with Gasteiger partial charge in [-0.3, -0.25) is 4.79 Å². The van der Waals surface area contributed by atoms with Gasteiger partial charge in [-0.05, 0) is 48.7 Å². The number of carbonyl (C=O) groups excluding carboxylic acids is 1. The summed E-state index contributed by atoms with van der Waals surface area (Å²) in [5, 5.41) is 0. The summed E-state index contributed by atoms with van der Waals surface area (Å²) in [6.45, 7) is 0.753. The fourth-order valence-corrected chi connectivity index (χ4v) is 3.45. The number of likely N-dealkylation sites (tertiary alicyclic amines) is 1. The van der Waals surface area contributed by atoms with Gasteiger partial charge in [-0.15, -0.1) is 0 Å². The van der Waals surface area contributed by atoms with Gasteiger partial charge >= 0.3 is 0 Å². The second-order valence-electron chi connectivity index (χ2n) is 6.44. The maximum absolute atomic E-state index is 12.7. The molecule has 0 aliphatic carbocycles. The third kappa shape index (κ3) is 3.20. The summed E-state index contributed by atoms with van der Waals surface area (Å²) in [5.41, 5.74) is 2.89. The second kappa shape index (κ2) is 7.04. The highest BCUT2D eigenvalue weighted by Gasteiger charge is 2.30. The molecule has 26 heavy (non-hydrogen) atoms. The molecule has 5 nitrogen and oxygen atoms in total. The van der Waals surface area contributed by atoms with E-state index >= 15 is 0 Å². The molecule has 0 spiro atoms. The lowest BCUT2D eigenvalue weighted by molar-refractivity contribution is -0.126. The van der Waals surface area contributed by atoms with Crippen molar-refractivity contribution in [1.29, 1.82) is 0 Å². The van der Waals surface area contributed by atoms with Crippen LogP contribution in [0, 0.1) is 0 Å². The van der Waals surface area contributed by atoms with Crippen LogP contribution in [0.3, 0.4) is 0 Å². The molecule has 1 aliphatic rings. The van der Waals surface area contributed by atoms with Gasteiger partial charge in [0.1, 0.15) is 11.6 Å². The van der Waals surface area contributed by atoms with Crippen molar-refractivity contribution in [3.63, 3.8) is 0 Å². The number of fused-ring (bicyclic) bond motifs is 1. The number of aromatic amines is 1. The van der Waals surface area contributed by atoms with E-state index in [9.17, 15) is 4.79 Å². The van der Waals surface area contributed by atoms with Crippen LogP contribution in [0.25, 0.3) is 17.1 Å². The number of aromatic nitrogens is 2. The van der Waals surface area contributed by atoms with Crippen LogP contribution in [0.5, 0.6) is 5.75 Å². The molecule has 4 rings (SSSR count). The SMILES string of the molecule is COc1cccc(/C=C/C(=O)N2CCCC2c2nc3ccccc3[nH]2)c1. The summed E-state index contributed by atoms with van der Waals surface area (Å²) in [6.07, 6.45) is 5.38. The molecule has 1 N–H and O–H groups in total. The minimum atomic E-state index is 0.00450. The normalized spacial score (nSPS) is 17.3. The molecule has 1 fully saturated rings. The van der Waals surface area contributed by atoms with Crippen LogP contribution < -0.4 is 4.74 Å². The molecule has 132 valence electrons. The van der Waals surface area contributed by atoms with Crippen molar-refractivity contribution >= 4 is 23.0 Å². The van der Waals surface area contributed by atoms with Crippen molar-refractivity contribution in [2.75, 3.05) is 13.7 Å². The molecule has 1 aliphatic heterocycles. The van der Waals surface area contributed by atoms with Crippen LogP contribution in [0.2, 0.25) is 0 Å². The van der Waals surface area contributed by atoms with Crippen LogP contribution in [0.15, 0.2) is 54.6 Å². The monoisotopic (exact) mass is 347 g/mol. The molecular weight excluding hydrogens is 326 g/mol. The fraction of sp³-hybridized carbons (Fsp3) is 0.238. The third-order valence-electron chi connectivity index (χ3n) is 4.77. The number of nitrogens with zero attached hydrogens (tertiary/aromatic N) is 2. The molecule has 1 aromatic heterocycles. The van der Waals surface area contributed by atoms with Crippen molar-refractivity contribution in [1.82, 2.24) is 14.9 Å². The number of nitrogens with one attached hydrogen (secondary N) is 1. The van der Waals surface area contributed by atoms with E-state index in [1.165, 1.54) is 0 Å². The largest absolute Gasteiger partial charge is 0.497 e. The highest BCUT2D eigenvalue weighted by Crippen LogP contribution is 2.31. The first-order valence-electron chi connectivity index (χ1n) is 8.82. The van der Waals surface area contributed by atoms with E-state index in [1.54, 1.807) is 13.2 Å². The van der Waals surface area contributed by atoms with E-state index in [2.05, 4.69) is 9.97 Å². The van der Waals surface area contributed by atoms with Gasteiger partial charge in [-0.2, -0.15) is 0 Å². The minimum absolute atomic E-state index is 0.00450. The number of hydrogen-bond acceptors (Lipinski definition) is 3. The van der Waals surface area contributed by atoms with Crippen LogP contribution >= 0.6 is 0 Å². The Hall–Kier alpha value is -3.08. The molecule has 1 amide bonds. The number of benzene rings is 2. The van der Waals surface area contributed by atoms with Gasteiger partial charge in [0.2, 0.25) is 5.91 Å². The first kappa shape index (κ1) is 16.4. The Morgan fingerprint density at radius 3 is 3.00 bits per heavy atom. The summed E-state index contributed by atoms with van der Waals surface area (Å²) in [5.74, 6) is 1.66. The lowest BCUT2D eigenvalue weighted by atomic mass is 10.2. The first-order chi connectivity index (χ1) is 12.7. The Morgan fingerprint density at radius 2 is 2.15 bits per heavy atom. The lowest BCUT2D eigenvalue weighted by Gasteiger charge is -2.21. The molecule has 0 bridgehead atoms. The zero-order valence-corrected chi connectivity index (χ0v) is 14.7. The third-order valence-corrected chi connectivity index (χ3v) is 4.77. The van der Waals surface area contributed by atoms with Gasteiger partial charge in [0.15, 0.2) is 0 Å². The summed E-state index contributed by atoms with van der Waals surface area (Å²) in [4.78, 5) is 22.7. The number of imidazole rings is 1. The zero-order chi connectivity index (χ0) is 17.9. The molecule has 1 saturated heterocycles. The van der Waals surface area contributed by atoms with E-state index in [0.29, 0.717) is 0 Å². The number of H-pyrrole nitrogens is 1. The average molecular weight is 347 g/mol. The van der Waals surface area contributed by atoms with Crippen molar-refractivity contribution in [3.8, 4) is 5.75 Å². The first-order valence-corrected chi connectivity index (χ1v) is 8.82. The summed E-state index contributed by atoms with van der Waals surface area (Å²) in [6, 6.07) is 15.6. The Morgan fingerprint density at radius 1 is 1.27 bits per heavy atom. The molecule has 5 heteroatoms. The highest BCUT2D eigenvalue weighted by atomic mass is 16.5. The Bertz CT molecular complexity index is 928. The number of para-hydroxylation sites is 2. The average Bonchev–Trinajstić information content (AvgIpc) is 3.32. The Labute approximate surface area is 152 Å². The standard InChI is InChI=1S/C21H21N3O2/c1-26-16-7-4-6-15(14-16)11-12-20(25)24-13-5-10-19(24)21-22-17-8-2-3-9-18(17)23-21/h2-4,6-9,11-12,14,19H,5,10,13H2,1H3,(H,22,23)/b12-11+. The van der Waals surface area contributed by atoms with Gasteiger partial charge in [0.25, 0.3) is 0 Å². The maximum Gasteiger partial charge on any atom is 0.247 e. The van der Waals surface area contributed by atoms with Gasteiger partial charge in [0, 0.05) is 12.6 Å². The van der Waals surface area contributed by atoms with Crippen molar-refractivity contribution < 1.29 is 9.53 Å². The quantitative estimate of drug-likeness (QED) is 0.727. The van der Waals surface area contributed by atoms with Gasteiger partial charge < -0.3 is 14.6 Å². The van der Waals surface area contributed by atoms with Gasteiger partial charge in [-0.25, -0.2) is 4.98 Å². The fourth-order valence-electron chi connectivity index (χ4n) is 3.45. The van der Waals surface area contributed by atoms with Gasteiger partial charge in [0.05, 0.1) is 24.2 Å². The predicted octanol–water partition coefficient (Wildman–Crippen LogP) is 3.95. The van der Waals surface area contributed by atoms with E-state index in [4.69, 9.17) is 4.74 Å². The van der Waals surface area contributed by atoms with E-state index in [1.807, 2.05) is 59.5 Å². The van der Waals surface area contributed by atoms with Crippen molar-refractivity contribution in [2.24, 2.45) is 0 Å². The zero-order valence-electron chi connectivity index (χ0n) is 14.7. The van der Waals surface area contributed by atoms with E-state index in [0.717, 1.165) is 47.6 Å². The molecule has 0 radical (unpaired) electrons. The topological polar surface area (TPSA) is 58.2 Å². The van der Waals surface area contributed by atoms with Crippen molar-refractivity contribution in [2.45, 2.75) is 18.9 Å². The lowest BCUT2D eigenvalue weighted by Crippen LogP contribution is -2.29. The Kier molecular flexibility index (Phi) is 4.44. The second-order valence-corrected chi connectivity index (χ2v) is 6.44. The molecule has 2 heterocycles. The van der Waals surface area contributed by atoms with Gasteiger partial charge in [-0.1, -0.05) is 24.3 Å². The summed E-state index contributed by atoms with van der Waals surface area (Å²) < 4.78 is 5.22. The predicted molar refractivity (Wildman–Crippen MR) is 102 cm³/mol. The molecule has 1 atom stereocenters. The number of ether oxygens (including phenoxy) is 1. The van der Waals surface area contributed by atoms with Crippen LogP contribution in [0.4, 0.5) is 0 Å². The number of rotatable bonds is 4. The number of methoxy groups -OCH3 is 1. The number of amides is 1. The molecule has 2 aromatic carbocycles. The van der Waals surface area contributed by atoms with Crippen molar-refractivity contribution in [3.05, 3.63) is 66.0 Å². The van der Waals surface area contributed by atoms with E-state index in [-0.39, 0.29) is 11.9 Å². The highest BCUT2D eigenvalue weighted by molar-refractivity contribution is 5.92. The Balaban J connectivity index is 1.53. The summed E-state index contributed by atoms with van der Waals surface area (Å²) in [7, 11) is 1.64. The maximum atomic E-state index is 12.7.